The number of rotatable bonds is 21. The summed E-state index contributed by atoms with van der Waals surface area (Å²) in [5.74, 6) is -2.92. The predicted molar refractivity (Wildman–Crippen MR) is 394 cm³/mol. The van der Waals surface area contributed by atoms with Gasteiger partial charge in [0.2, 0.25) is 6.10 Å². The lowest BCUT2D eigenvalue weighted by Gasteiger charge is -2.38. The van der Waals surface area contributed by atoms with Gasteiger partial charge in [-0.05, 0) is 171 Å². The molecule has 15 atom stereocenters. The van der Waals surface area contributed by atoms with Crippen LogP contribution >= 0.6 is 31.9 Å². The first kappa shape index (κ1) is 93.5. The van der Waals surface area contributed by atoms with E-state index in [9.17, 15) is 53.1 Å². The Labute approximate surface area is 628 Å². The fourth-order valence-electron chi connectivity index (χ4n) is 15.6. The molecule has 0 amide bonds. The van der Waals surface area contributed by atoms with Crippen LogP contribution in [0.15, 0.2) is 61.3 Å². The van der Waals surface area contributed by atoms with Crippen LogP contribution in [0.5, 0.6) is 0 Å². The van der Waals surface area contributed by atoms with E-state index in [1.165, 1.54) is 66.4 Å². The summed E-state index contributed by atoms with van der Waals surface area (Å²) in [6.07, 6.45) is 11.2. The zero-order valence-electron chi connectivity index (χ0n) is 65.0. The highest BCUT2D eigenvalue weighted by atomic mass is 79.9. The molecule has 586 valence electrons. The standard InChI is InChI=1S/C21H30O6.C13H21BrO3.C13H22O4.C13H20O2.C8H10O3.C6H11BrO3.C4H8O2/c1-12(2)17(22)25-11-15(26-18(23)13(3)4)19(24)27-16-10-14-8-9-21(16,7)20(14,5)6;1-12(2)8-4-5-13(12,3)10(6-8)17-11(16)9(14)7-15;1-12(2)8-4-5-13(12,3)10(6-8)17-11(16)9(15)7-14;1-5-11(14)15-10-8-9-6-7-13(10,4)12(9,2)3;1-5(2)7(9)11-8(10)6(3)4;1-6(2,7)5(9)10-4-3-8;1-3-6-4(2)5/h14-16H,1,3,8-11H2,2,4-7H3;8-10,15H,4-7H2,1-3H3;8-10,14-15H,4-7H2,1-3H3;5,9-10H,1,6-8H2,2-4H3;1,3H2,2,4H3;8H,3-4H2,1-2H3;3H2,1-2H3/t14-,15?,16+,21-;2*8-,9?,10+,13-;9-,10+,13-;;;/m0000.../s1. The maximum atomic E-state index is 12.7. The van der Waals surface area contributed by atoms with E-state index < -0.39 is 70.4 Å². The Bertz CT molecular complexity index is 3000. The minimum atomic E-state index is -1.40. The average molecular weight is 1590 g/mol. The van der Waals surface area contributed by atoms with Crippen LogP contribution in [-0.2, 0) is 90.6 Å². The van der Waals surface area contributed by atoms with Crippen molar-refractivity contribution in [3.63, 3.8) is 0 Å². The number of esters is 10. The number of carbonyl (C=O) groups is 10. The highest BCUT2D eigenvalue weighted by Crippen LogP contribution is 2.69. The average Bonchev–Trinajstić information content (AvgIpc) is 1.59. The number of hydrogen-bond acceptors (Lipinski definition) is 23. The van der Waals surface area contributed by atoms with Crippen LogP contribution in [-0.4, -0.2) is 166 Å². The Morgan fingerprint density at radius 2 is 0.845 bits per heavy atom. The topological polar surface area (TPSA) is 335 Å². The zero-order chi connectivity index (χ0) is 79.7. The molecule has 25 heteroatoms. The Morgan fingerprint density at radius 1 is 0.505 bits per heavy atom. The largest absolute Gasteiger partial charge is 0.466 e. The van der Waals surface area contributed by atoms with Crippen molar-refractivity contribution in [3.05, 3.63) is 61.3 Å². The van der Waals surface area contributed by atoms with E-state index in [-0.39, 0.29) is 128 Å². The highest BCUT2D eigenvalue weighted by Gasteiger charge is 2.66. The van der Waals surface area contributed by atoms with E-state index in [0.29, 0.717) is 35.7 Å². The number of aliphatic hydroxyl groups is 4. The number of fused-ring (bicyclic) bond motifs is 8. The Balaban J connectivity index is 0.000000425. The molecule has 23 nitrogen and oxygen atoms in total. The van der Waals surface area contributed by atoms with Crippen molar-refractivity contribution < 1.29 is 111 Å². The van der Waals surface area contributed by atoms with Crippen molar-refractivity contribution in [2.24, 2.45) is 67.0 Å². The number of carbonyl (C=O) groups excluding carboxylic acids is 10. The predicted octanol–water partition coefficient (Wildman–Crippen LogP) is 12.4. The third-order valence-corrected chi connectivity index (χ3v) is 25.5. The van der Waals surface area contributed by atoms with Crippen molar-refractivity contribution in [1.29, 1.82) is 0 Å². The third-order valence-electron chi connectivity index (χ3n) is 24.5. The molecule has 0 saturated heterocycles. The van der Waals surface area contributed by atoms with Gasteiger partial charge >= 0.3 is 59.7 Å². The first-order valence-corrected chi connectivity index (χ1v) is 37.2. The number of ether oxygens (including phenoxy) is 9. The van der Waals surface area contributed by atoms with Crippen LogP contribution in [0, 0.1) is 67.0 Å². The summed E-state index contributed by atoms with van der Waals surface area (Å²) in [5.41, 5.74) is 1.68. The van der Waals surface area contributed by atoms with Gasteiger partial charge < -0.3 is 63.1 Å². The number of halogens is 2. The fraction of sp³-hybridized carbons (Fsp3) is 0.744. The third kappa shape index (κ3) is 22.7. The molecule has 3 unspecified atom stereocenters. The van der Waals surface area contributed by atoms with E-state index in [2.05, 4.69) is 162 Å². The van der Waals surface area contributed by atoms with Crippen molar-refractivity contribution in [2.45, 2.75) is 261 Å². The molecule has 0 heterocycles. The van der Waals surface area contributed by atoms with Crippen molar-refractivity contribution >= 4 is 91.6 Å². The van der Waals surface area contributed by atoms with Gasteiger partial charge in [-0.3, -0.25) is 14.4 Å². The van der Waals surface area contributed by atoms with Gasteiger partial charge in [0.1, 0.15) is 46.8 Å². The van der Waals surface area contributed by atoms with Crippen LogP contribution in [0.3, 0.4) is 0 Å². The maximum absolute atomic E-state index is 12.7. The molecule has 0 aliphatic heterocycles. The molecule has 8 rings (SSSR count). The highest BCUT2D eigenvalue weighted by molar-refractivity contribution is 9.10. The Kier molecular flexibility index (Phi) is 34.7. The molecule has 0 spiro atoms. The summed E-state index contributed by atoms with van der Waals surface area (Å²) in [6, 6.07) is 0. The zero-order valence-corrected chi connectivity index (χ0v) is 68.2. The maximum Gasteiger partial charge on any atom is 0.351 e. The molecule has 8 fully saturated rings. The molecule has 0 radical (unpaired) electrons. The second-order valence-corrected chi connectivity index (χ2v) is 35.3. The van der Waals surface area contributed by atoms with E-state index in [4.69, 9.17) is 43.7 Å². The molecule has 0 aromatic carbocycles. The summed E-state index contributed by atoms with van der Waals surface area (Å²) in [4.78, 5) is 112. The molecule has 0 aromatic rings. The molecule has 8 aliphatic rings. The first-order chi connectivity index (χ1) is 47.2. The Morgan fingerprint density at radius 3 is 1.10 bits per heavy atom. The summed E-state index contributed by atoms with van der Waals surface area (Å²) in [7, 11) is 0. The molecule has 103 heavy (non-hydrogen) atoms. The van der Waals surface area contributed by atoms with Crippen LogP contribution in [0.1, 0.15) is 216 Å². The summed E-state index contributed by atoms with van der Waals surface area (Å²) in [5, 5.41) is 35.2. The van der Waals surface area contributed by atoms with Crippen LogP contribution in [0.4, 0.5) is 0 Å². The quantitative estimate of drug-likeness (QED) is 0.0273. The van der Waals surface area contributed by atoms with Crippen molar-refractivity contribution in [3.8, 4) is 0 Å². The van der Waals surface area contributed by atoms with Crippen LogP contribution in [0.25, 0.3) is 0 Å². The number of hydrogen-bond donors (Lipinski definition) is 4. The van der Waals surface area contributed by atoms with Crippen LogP contribution < -0.4 is 0 Å². The van der Waals surface area contributed by atoms with Gasteiger partial charge in [-0.2, -0.15) is 0 Å². The minimum Gasteiger partial charge on any atom is -0.466 e. The molecule has 4 N–H and O–H groups in total. The summed E-state index contributed by atoms with van der Waals surface area (Å²) in [6.45, 7) is 55.6. The van der Waals surface area contributed by atoms with E-state index in [1.54, 1.807) is 20.8 Å². The minimum absolute atomic E-state index is 0.00248. The molecular weight excluding hydrogens is 1460 g/mol. The fourth-order valence-corrected chi connectivity index (χ4v) is 15.9. The first-order valence-electron chi connectivity index (χ1n) is 35.5. The van der Waals surface area contributed by atoms with Gasteiger partial charge in [-0.1, -0.05) is 148 Å². The smallest absolute Gasteiger partial charge is 0.351 e. The van der Waals surface area contributed by atoms with Gasteiger partial charge in [-0.15, -0.1) is 0 Å². The van der Waals surface area contributed by atoms with Gasteiger partial charge in [0.25, 0.3) is 0 Å². The molecule has 8 aliphatic carbocycles. The van der Waals surface area contributed by atoms with E-state index in [1.807, 2.05) is 0 Å². The molecule has 8 bridgehead atoms. The lowest BCUT2D eigenvalue weighted by molar-refractivity contribution is -0.180. The van der Waals surface area contributed by atoms with Crippen LogP contribution in [0.2, 0.25) is 0 Å². The van der Waals surface area contributed by atoms with Gasteiger partial charge in [-0.25, -0.2) is 33.6 Å². The normalized spacial score (nSPS) is 29.4. The molecule has 8 saturated carbocycles. The summed E-state index contributed by atoms with van der Waals surface area (Å²) < 4.78 is 45.1. The molecular formula is C78H122Br2O23. The van der Waals surface area contributed by atoms with E-state index in [0.717, 1.165) is 51.4 Å². The SMILES string of the molecule is C=C(C)C(=O)OC(=O)C(=C)C.C=C(C)C(=O)OCC(OC(=O)C(=C)C)C(=O)O[C@@H]1C[C@@H]2CC[C@]1(C)C2(C)C.C=CC(=O)O[C@@H]1C[C@@H]2CC[C@]1(C)C2(C)C.CC(C)(Br)C(=O)OCCO.CC1(C)[C@H]2CC[C@@]1(C)[C@H](OC(=O)C(Br)CO)C2.CC1(C)[C@H]2CC[C@@]1(C)[C@H](OC(=O)C(O)CO)C2.CCOC(C)=O. The monoisotopic (exact) mass is 1580 g/mol. The second kappa shape index (κ2) is 38.3. The van der Waals surface area contributed by atoms with Crippen molar-refractivity contribution in [1.82, 2.24) is 0 Å². The second-order valence-electron chi connectivity index (χ2n) is 32.2. The number of alkyl halides is 2. The molecule has 0 aromatic heterocycles. The lowest BCUT2D eigenvalue weighted by Crippen LogP contribution is -2.42. The van der Waals surface area contributed by atoms with Gasteiger partial charge in [0.05, 0.1) is 26.4 Å². The summed E-state index contributed by atoms with van der Waals surface area (Å²) >= 11 is 6.24. The van der Waals surface area contributed by atoms with Gasteiger partial charge in [0, 0.05) is 57.0 Å². The lowest BCUT2D eigenvalue weighted by atomic mass is 9.70. The van der Waals surface area contributed by atoms with E-state index >= 15 is 0 Å². The Hall–Kier alpha value is -5.60. The van der Waals surface area contributed by atoms with Gasteiger partial charge in [0.15, 0.2) is 6.10 Å². The number of aliphatic hydroxyl groups excluding tert-OH is 4. The van der Waals surface area contributed by atoms with Crippen molar-refractivity contribution in [2.75, 3.05) is 39.6 Å².